The van der Waals surface area contributed by atoms with Crippen LogP contribution in [0.5, 0.6) is 11.5 Å². The Morgan fingerprint density at radius 1 is 0.795 bits per heavy atom. The molecule has 0 aliphatic carbocycles. The molecule has 6 nitrogen and oxygen atoms in total. The molecule has 192 valence electrons. The Morgan fingerprint density at radius 2 is 1.49 bits per heavy atom. The first-order chi connectivity index (χ1) is 19.1. The van der Waals surface area contributed by atoms with Crippen LogP contribution in [0, 0.1) is 0 Å². The Labute approximate surface area is 231 Å². The number of carbonyl (C=O) groups is 1. The molecule has 0 bridgehead atoms. The molecule has 1 atom stereocenters. The molecule has 0 spiro atoms. The molecule has 39 heavy (non-hydrogen) atoms. The lowest BCUT2D eigenvalue weighted by molar-refractivity contribution is -0.117. The van der Waals surface area contributed by atoms with Crippen molar-refractivity contribution >= 4 is 23.5 Å². The van der Waals surface area contributed by atoms with Crippen LogP contribution >= 0.6 is 11.8 Å². The quantitative estimate of drug-likeness (QED) is 0.245. The average molecular weight is 531 g/mol. The van der Waals surface area contributed by atoms with Crippen LogP contribution < -0.4 is 15.8 Å². The van der Waals surface area contributed by atoms with Crippen LogP contribution in [0.2, 0.25) is 0 Å². The van der Waals surface area contributed by atoms with E-state index >= 15 is 0 Å². The number of rotatable bonds is 7. The van der Waals surface area contributed by atoms with E-state index in [9.17, 15) is 4.79 Å². The number of nitrogens with two attached hydrogens (primary N) is 1. The first-order valence-electron chi connectivity index (χ1n) is 12.7. The lowest BCUT2D eigenvalue weighted by Crippen LogP contribution is -2.38. The summed E-state index contributed by atoms with van der Waals surface area (Å²) in [5.74, 6) is 1.80. The van der Waals surface area contributed by atoms with E-state index in [1.54, 1.807) is 11.8 Å². The summed E-state index contributed by atoms with van der Waals surface area (Å²) >= 11 is 1.67. The van der Waals surface area contributed by atoms with Gasteiger partial charge >= 0.3 is 0 Å². The van der Waals surface area contributed by atoms with Gasteiger partial charge in [0.1, 0.15) is 11.5 Å². The van der Waals surface area contributed by atoms with Gasteiger partial charge in [-0.15, -0.1) is 10.2 Å². The van der Waals surface area contributed by atoms with Crippen LogP contribution in [0.1, 0.15) is 16.7 Å². The molecular weight excluding hydrogens is 504 g/mol. The highest BCUT2D eigenvalue weighted by Gasteiger charge is 2.20. The van der Waals surface area contributed by atoms with E-state index in [1.165, 1.54) is 0 Å². The van der Waals surface area contributed by atoms with Gasteiger partial charge in [0.05, 0.1) is 21.5 Å². The summed E-state index contributed by atoms with van der Waals surface area (Å²) in [4.78, 5) is 15.1. The number of aromatic nitrogens is 2. The number of benzene rings is 4. The monoisotopic (exact) mass is 530 g/mol. The van der Waals surface area contributed by atoms with Gasteiger partial charge in [-0.2, -0.15) is 0 Å². The topological polar surface area (TPSA) is 90.1 Å². The van der Waals surface area contributed by atoms with E-state index in [0.29, 0.717) is 18.7 Å². The van der Waals surface area contributed by atoms with Gasteiger partial charge in [0.2, 0.25) is 5.91 Å². The predicted molar refractivity (Wildman–Crippen MR) is 154 cm³/mol. The first-order valence-corrected chi connectivity index (χ1v) is 13.5. The first kappa shape index (κ1) is 24.9. The fourth-order valence-corrected chi connectivity index (χ4v) is 5.47. The summed E-state index contributed by atoms with van der Waals surface area (Å²) in [6, 6.07) is 35.1. The Bertz CT molecular complexity index is 1630. The van der Waals surface area contributed by atoms with Crippen molar-refractivity contribution in [1.29, 1.82) is 0 Å². The molecular formula is C32H26N4O2S. The van der Waals surface area contributed by atoms with Crippen LogP contribution in [0.4, 0.5) is 5.82 Å². The molecule has 1 aliphatic heterocycles. The van der Waals surface area contributed by atoms with Crippen molar-refractivity contribution in [3.05, 3.63) is 126 Å². The molecule has 0 saturated carbocycles. The minimum Gasteiger partial charge on any atom is -0.455 e. The van der Waals surface area contributed by atoms with Crippen LogP contribution in [0.15, 0.2) is 119 Å². The van der Waals surface area contributed by atoms with Gasteiger partial charge in [-0.3, -0.25) is 4.79 Å². The van der Waals surface area contributed by atoms with Crippen molar-refractivity contribution in [2.75, 3.05) is 5.32 Å². The molecule has 6 rings (SSSR count). The zero-order valence-electron chi connectivity index (χ0n) is 21.1. The fourth-order valence-electron chi connectivity index (χ4n) is 4.48. The Kier molecular flexibility index (Phi) is 7.08. The van der Waals surface area contributed by atoms with Gasteiger partial charge in [0.15, 0.2) is 5.82 Å². The number of hydrogen-bond acceptors (Lipinski definition) is 6. The van der Waals surface area contributed by atoms with Crippen molar-refractivity contribution in [3.63, 3.8) is 0 Å². The number of anilines is 1. The second kappa shape index (κ2) is 11.1. The second-order valence-corrected chi connectivity index (χ2v) is 10.4. The summed E-state index contributed by atoms with van der Waals surface area (Å²) in [6.45, 7) is 0. The number of nitrogens with one attached hydrogen (secondary N) is 1. The third-order valence-electron chi connectivity index (χ3n) is 6.52. The average Bonchev–Trinajstić information content (AvgIpc) is 2.97. The number of nitrogens with zero attached hydrogens (tertiary/aromatic N) is 2. The van der Waals surface area contributed by atoms with Gasteiger partial charge < -0.3 is 15.8 Å². The maximum absolute atomic E-state index is 13.0. The molecule has 1 aliphatic rings. The van der Waals surface area contributed by atoms with Gasteiger partial charge in [-0.1, -0.05) is 84.6 Å². The van der Waals surface area contributed by atoms with Crippen molar-refractivity contribution in [3.8, 4) is 22.8 Å². The highest BCUT2D eigenvalue weighted by Crippen LogP contribution is 2.47. The molecule has 3 N–H and O–H groups in total. The van der Waals surface area contributed by atoms with Gasteiger partial charge in [0, 0.05) is 17.5 Å². The van der Waals surface area contributed by atoms with E-state index in [0.717, 1.165) is 49.2 Å². The minimum atomic E-state index is -0.709. The molecule has 1 amide bonds. The molecule has 1 unspecified atom stereocenters. The summed E-state index contributed by atoms with van der Waals surface area (Å²) in [5, 5.41) is 11.9. The van der Waals surface area contributed by atoms with Gasteiger partial charge in [0.25, 0.3) is 0 Å². The molecule has 4 aromatic carbocycles. The Morgan fingerprint density at radius 3 is 2.28 bits per heavy atom. The molecule has 0 saturated heterocycles. The number of ether oxygens (including phenoxy) is 1. The summed E-state index contributed by atoms with van der Waals surface area (Å²) in [6.07, 6.45) is 1.02. The standard InChI is InChI=1S/C32H26N4O2S/c33-25(18-22-11-5-2-6-12-22)32(37)34-31-24(17-21-9-3-1-4-10-21)19-26(35-36-31)23-15-16-28-30(20-23)39-29-14-8-7-13-27(29)38-28/h1-16,19-20,25H,17-18,33H2,(H,34,36,37). The summed E-state index contributed by atoms with van der Waals surface area (Å²) in [5.41, 5.74) is 10.8. The largest absolute Gasteiger partial charge is 0.455 e. The molecule has 1 aromatic heterocycles. The minimum absolute atomic E-state index is 0.295. The van der Waals surface area contributed by atoms with Gasteiger partial charge in [-0.05, 0) is 53.9 Å². The number of hydrogen-bond donors (Lipinski definition) is 2. The van der Waals surface area contributed by atoms with Crippen molar-refractivity contribution in [1.82, 2.24) is 10.2 Å². The maximum atomic E-state index is 13.0. The van der Waals surface area contributed by atoms with E-state index < -0.39 is 6.04 Å². The number of amides is 1. The zero-order chi connectivity index (χ0) is 26.6. The smallest absolute Gasteiger partial charge is 0.242 e. The van der Waals surface area contributed by atoms with Crippen LogP contribution in [-0.2, 0) is 17.6 Å². The molecule has 7 heteroatoms. The van der Waals surface area contributed by atoms with E-state index in [-0.39, 0.29) is 5.91 Å². The number of carbonyl (C=O) groups excluding carboxylic acids is 1. The Balaban J connectivity index is 1.28. The number of fused-ring (bicyclic) bond motifs is 2. The van der Waals surface area contributed by atoms with Crippen LogP contribution in [0.25, 0.3) is 11.3 Å². The SMILES string of the molecule is NC(Cc1ccccc1)C(=O)Nc1nnc(-c2ccc3c(c2)Sc2ccccc2O3)cc1Cc1ccccc1. The van der Waals surface area contributed by atoms with Gasteiger partial charge in [-0.25, -0.2) is 0 Å². The maximum Gasteiger partial charge on any atom is 0.242 e. The third-order valence-corrected chi connectivity index (χ3v) is 7.61. The fraction of sp³-hybridized carbons (Fsp3) is 0.0938. The molecule has 0 fully saturated rings. The lowest BCUT2D eigenvalue weighted by Gasteiger charge is -2.20. The highest BCUT2D eigenvalue weighted by atomic mass is 32.2. The number of para-hydroxylation sites is 1. The normalized spacial score (nSPS) is 12.5. The predicted octanol–water partition coefficient (Wildman–Crippen LogP) is 6.50. The van der Waals surface area contributed by atoms with E-state index in [1.807, 2.05) is 91.0 Å². The second-order valence-electron chi connectivity index (χ2n) is 9.36. The van der Waals surface area contributed by atoms with E-state index in [4.69, 9.17) is 10.5 Å². The van der Waals surface area contributed by atoms with Crippen molar-refractivity contribution in [2.24, 2.45) is 5.73 Å². The molecule has 2 heterocycles. The lowest BCUT2D eigenvalue weighted by atomic mass is 10.0. The van der Waals surface area contributed by atoms with Crippen LogP contribution in [-0.4, -0.2) is 22.1 Å². The van der Waals surface area contributed by atoms with E-state index in [2.05, 4.69) is 33.7 Å². The summed E-state index contributed by atoms with van der Waals surface area (Å²) < 4.78 is 6.08. The molecule has 0 radical (unpaired) electrons. The third kappa shape index (κ3) is 5.70. The molecule has 5 aromatic rings. The van der Waals surface area contributed by atoms with Crippen molar-refractivity contribution in [2.45, 2.75) is 28.7 Å². The van der Waals surface area contributed by atoms with Crippen molar-refractivity contribution < 1.29 is 9.53 Å². The highest BCUT2D eigenvalue weighted by molar-refractivity contribution is 7.99. The van der Waals surface area contributed by atoms with Crippen LogP contribution in [0.3, 0.4) is 0 Å². The summed E-state index contributed by atoms with van der Waals surface area (Å²) in [7, 11) is 0. The Hall–Kier alpha value is -4.46. The zero-order valence-corrected chi connectivity index (χ0v) is 21.9.